The van der Waals surface area contributed by atoms with Crippen molar-refractivity contribution in [2.45, 2.75) is 25.4 Å². The van der Waals surface area contributed by atoms with Gasteiger partial charge >= 0.3 is 0 Å². The molecule has 1 aromatic carbocycles. The largest absolute Gasteiger partial charge is 0.346 e. The van der Waals surface area contributed by atoms with E-state index >= 15 is 0 Å². The summed E-state index contributed by atoms with van der Waals surface area (Å²) in [5, 5.41) is 15.5. The van der Waals surface area contributed by atoms with Crippen molar-refractivity contribution in [3.63, 3.8) is 0 Å². The number of pyridine rings is 1. The SMILES string of the molecule is Cl.Cl.O=C(NCc1cccc2cccnc12)c1cn(C2CCNCC2)nn1. The Balaban J connectivity index is 0.00000131. The number of carbonyl (C=O) groups is 1. The Hall–Kier alpha value is -2.22. The van der Waals surface area contributed by atoms with E-state index < -0.39 is 0 Å². The molecule has 4 rings (SSSR count). The molecular formula is C18H22Cl2N6O. The highest BCUT2D eigenvalue weighted by Crippen LogP contribution is 2.18. The van der Waals surface area contributed by atoms with Crippen LogP contribution in [0.2, 0.25) is 0 Å². The van der Waals surface area contributed by atoms with Crippen molar-refractivity contribution in [3.05, 3.63) is 54.0 Å². The fourth-order valence-corrected chi connectivity index (χ4v) is 3.21. The summed E-state index contributed by atoms with van der Waals surface area (Å²) in [6.45, 7) is 2.35. The van der Waals surface area contributed by atoms with Crippen molar-refractivity contribution < 1.29 is 4.79 Å². The van der Waals surface area contributed by atoms with E-state index in [0.717, 1.165) is 42.4 Å². The highest BCUT2D eigenvalue weighted by Gasteiger charge is 2.18. The quantitative estimate of drug-likeness (QED) is 0.692. The van der Waals surface area contributed by atoms with Crippen LogP contribution in [0.1, 0.15) is 34.9 Å². The summed E-state index contributed by atoms with van der Waals surface area (Å²) < 4.78 is 1.81. The molecule has 27 heavy (non-hydrogen) atoms. The Kier molecular flexibility index (Phi) is 7.53. The summed E-state index contributed by atoms with van der Waals surface area (Å²) in [6, 6.07) is 10.2. The van der Waals surface area contributed by atoms with Crippen LogP contribution < -0.4 is 10.6 Å². The van der Waals surface area contributed by atoms with Crippen molar-refractivity contribution in [1.29, 1.82) is 0 Å². The molecule has 1 aliphatic heterocycles. The van der Waals surface area contributed by atoms with Gasteiger partial charge in [-0.25, -0.2) is 4.68 Å². The van der Waals surface area contributed by atoms with E-state index in [0.29, 0.717) is 18.3 Å². The third-order valence-corrected chi connectivity index (χ3v) is 4.58. The molecule has 0 atom stereocenters. The molecule has 0 unspecified atom stereocenters. The number of piperidine rings is 1. The van der Waals surface area contributed by atoms with Crippen molar-refractivity contribution >= 4 is 41.6 Å². The van der Waals surface area contributed by atoms with Gasteiger partial charge in [-0.05, 0) is 37.6 Å². The summed E-state index contributed by atoms with van der Waals surface area (Å²) in [4.78, 5) is 16.8. The average Bonchev–Trinajstić information content (AvgIpc) is 3.17. The van der Waals surface area contributed by atoms with Gasteiger partial charge in [0.05, 0.1) is 17.8 Å². The van der Waals surface area contributed by atoms with Gasteiger partial charge < -0.3 is 10.6 Å². The average molecular weight is 409 g/mol. The summed E-state index contributed by atoms with van der Waals surface area (Å²) in [5.74, 6) is -0.215. The van der Waals surface area contributed by atoms with Crippen LogP contribution >= 0.6 is 24.8 Å². The molecule has 2 N–H and O–H groups in total. The van der Waals surface area contributed by atoms with Gasteiger partial charge in [-0.1, -0.05) is 29.5 Å². The molecule has 0 saturated carbocycles. The number of amides is 1. The minimum absolute atomic E-state index is 0. The summed E-state index contributed by atoms with van der Waals surface area (Å²) in [7, 11) is 0. The monoisotopic (exact) mass is 408 g/mol. The topological polar surface area (TPSA) is 84.7 Å². The van der Waals surface area contributed by atoms with Crippen LogP contribution in [0.5, 0.6) is 0 Å². The number of aromatic nitrogens is 4. The number of rotatable bonds is 4. The summed E-state index contributed by atoms with van der Waals surface area (Å²) in [5.41, 5.74) is 2.24. The molecule has 0 spiro atoms. The minimum Gasteiger partial charge on any atom is -0.346 e. The molecule has 1 saturated heterocycles. The number of hydrogen-bond acceptors (Lipinski definition) is 5. The van der Waals surface area contributed by atoms with Crippen LogP contribution in [0.3, 0.4) is 0 Å². The zero-order valence-corrected chi connectivity index (χ0v) is 16.3. The summed E-state index contributed by atoms with van der Waals surface area (Å²) >= 11 is 0. The van der Waals surface area contributed by atoms with Gasteiger partial charge in [0, 0.05) is 18.1 Å². The maximum absolute atomic E-state index is 12.4. The molecule has 2 aromatic heterocycles. The van der Waals surface area contributed by atoms with E-state index in [1.165, 1.54) is 0 Å². The lowest BCUT2D eigenvalue weighted by atomic mass is 10.1. The number of halogens is 2. The van der Waals surface area contributed by atoms with Crippen LogP contribution in [-0.4, -0.2) is 39.0 Å². The Labute approximate surface area is 169 Å². The molecule has 0 radical (unpaired) electrons. The van der Waals surface area contributed by atoms with Gasteiger partial charge in [-0.2, -0.15) is 0 Å². The second kappa shape index (κ2) is 9.64. The van der Waals surface area contributed by atoms with Gasteiger partial charge in [0.1, 0.15) is 0 Å². The Morgan fingerprint density at radius 2 is 1.96 bits per heavy atom. The van der Waals surface area contributed by atoms with E-state index in [1.54, 1.807) is 12.4 Å². The predicted octanol–water partition coefficient (Wildman–Crippen LogP) is 2.52. The maximum atomic E-state index is 12.4. The minimum atomic E-state index is -0.215. The molecule has 3 heterocycles. The van der Waals surface area contributed by atoms with Gasteiger partial charge in [0.15, 0.2) is 5.69 Å². The molecule has 0 bridgehead atoms. The fourth-order valence-electron chi connectivity index (χ4n) is 3.21. The first kappa shape index (κ1) is 21.1. The molecule has 9 heteroatoms. The second-order valence-electron chi connectivity index (χ2n) is 6.24. The molecule has 0 aliphatic carbocycles. The van der Waals surface area contributed by atoms with E-state index in [4.69, 9.17) is 0 Å². The lowest BCUT2D eigenvalue weighted by Crippen LogP contribution is -2.29. The van der Waals surface area contributed by atoms with Gasteiger partial charge in [0.2, 0.25) is 0 Å². The van der Waals surface area contributed by atoms with Crippen LogP contribution in [0.15, 0.2) is 42.7 Å². The second-order valence-corrected chi connectivity index (χ2v) is 6.24. The van der Waals surface area contributed by atoms with Crippen LogP contribution in [0, 0.1) is 0 Å². The van der Waals surface area contributed by atoms with Gasteiger partial charge in [-0.3, -0.25) is 9.78 Å². The lowest BCUT2D eigenvalue weighted by molar-refractivity contribution is 0.0946. The number of para-hydroxylation sites is 1. The molecule has 3 aromatic rings. The molecule has 144 valence electrons. The zero-order valence-electron chi connectivity index (χ0n) is 14.7. The van der Waals surface area contributed by atoms with Crippen molar-refractivity contribution in [1.82, 2.24) is 30.6 Å². The lowest BCUT2D eigenvalue weighted by Gasteiger charge is -2.22. The number of nitrogens with zero attached hydrogens (tertiary/aromatic N) is 4. The normalized spacial score (nSPS) is 14.2. The van der Waals surface area contributed by atoms with E-state index in [2.05, 4.69) is 25.9 Å². The first-order valence-corrected chi connectivity index (χ1v) is 8.54. The van der Waals surface area contributed by atoms with E-state index in [9.17, 15) is 4.79 Å². The number of nitrogens with one attached hydrogen (secondary N) is 2. The number of carbonyl (C=O) groups excluding carboxylic acids is 1. The first-order valence-electron chi connectivity index (χ1n) is 8.54. The Morgan fingerprint density at radius 1 is 1.19 bits per heavy atom. The fraction of sp³-hybridized carbons (Fsp3) is 0.333. The molecule has 1 fully saturated rings. The number of fused-ring (bicyclic) bond motifs is 1. The third-order valence-electron chi connectivity index (χ3n) is 4.58. The molecule has 1 amide bonds. The Morgan fingerprint density at radius 3 is 2.78 bits per heavy atom. The van der Waals surface area contributed by atoms with E-state index in [1.807, 2.05) is 35.0 Å². The molecular weight excluding hydrogens is 387 g/mol. The van der Waals surface area contributed by atoms with Crippen LogP contribution in [0.4, 0.5) is 0 Å². The number of benzene rings is 1. The van der Waals surface area contributed by atoms with Crippen molar-refractivity contribution in [2.24, 2.45) is 0 Å². The maximum Gasteiger partial charge on any atom is 0.273 e. The molecule has 7 nitrogen and oxygen atoms in total. The van der Waals surface area contributed by atoms with Gasteiger partial charge in [-0.15, -0.1) is 29.9 Å². The zero-order chi connectivity index (χ0) is 17.1. The van der Waals surface area contributed by atoms with Crippen LogP contribution in [-0.2, 0) is 6.54 Å². The Bertz CT molecular complexity index is 889. The summed E-state index contributed by atoms with van der Waals surface area (Å²) in [6.07, 6.45) is 5.52. The molecule has 1 aliphatic rings. The first-order chi connectivity index (χ1) is 12.3. The van der Waals surface area contributed by atoms with E-state index in [-0.39, 0.29) is 30.7 Å². The smallest absolute Gasteiger partial charge is 0.273 e. The third kappa shape index (κ3) is 4.74. The van der Waals surface area contributed by atoms with Crippen molar-refractivity contribution in [2.75, 3.05) is 13.1 Å². The van der Waals surface area contributed by atoms with Crippen molar-refractivity contribution in [3.8, 4) is 0 Å². The highest BCUT2D eigenvalue weighted by atomic mass is 35.5. The standard InChI is InChI=1S/C18H20N6O.2ClH/c25-18(16-12-24(23-22-16)15-6-9-19-10-7-15)21-11-14-4-1-3-13-5-2-8-20-17(13)14;;/h1-5,8,12,15,19H,6-7,9-11H2,(H,21,25);2*1H. The van der Waals surface area contributed by atoms with Gasteiger partial charge in [0.25, 0.3) is 5.91 Å². The number of hydrogen-bond donors (Lipinski definition) is 2. The highest BCUT2D eigenvalue weighted by molar-refractivity contribution is 5.92. The van der Waals surface area contributed by atoms with Crippen LogP contribution in [0.25, 0.3) is 10.9 Å². The predicted molar refractivity (Wildman–Crippen MR) is 109 cm³/mol.